The first kappa shape index (κ1) is 13.4. The maximum atomic E-state index is 4.34. The quantitative estimate of drug-likeness (QED) is 0.927. The molecule has 1 aromatic rings. The largest absolute Gasteiger partial charge is 0.316 e. The summed E-state index contributed by atoms with van der Waals surface area (Å²) in [6, 6.07) is 0.665. The van der Waals surface area contributed by atoms with Crippen LogP contribution < -0.4 is 5.32 Å². The average molecular weight is 313 g/mol. The van der Waals surface area contributed by atoms with Gasteiger partial charge in [0.15, 0.2) is 0 Å². The van der Waals surface area contributed by atoms with Crippen molar-refractivity contribution < 1.29 is 0 Å². The van der Waals surface area contributed by atoms with Crippen LogP contribution in [0.3, 0.4) is 0 Å². The molecule has 3 nitrogen and oxygen atoms in total. The lowest BCUT2D eigenvalue weighted by Gasteiger charge is -2.13. The minimum Gasteiger partial charge on any atom is -0.316 e. The Morgan fingerprint density at radius 3 is 3.07 bits per heavy atom. The summed E-state index contributed by atoms with van der Waals surface area (Å²) >= 11 is 5.16. The van der Waals surface area contributed by atoms with Gasteiger partial charge in [-0.2, -0.15) is 0 Å². The Bertz CT molecular complexity index is 307. The van der Waals surface area contributed by atoms with E-state index >= 15 is 0 Å². The fourth-order valence-electron chi connectivity index (χ4n) is 1.76. The third-order valence-corrected chi connectivity index (χ3v) is 4.03. The van der Waals surface area contributed by atoms with E-state index in [2.05, 4.69) is 31.1 Å². The van der Waals surface area contributed by atoms with Gasteiger partial charge >= 0.3 is 0 Å². The molecule has 1 unspecified atom stereocenters. The van der Waals surface area contributed by atoms with Gasteiger partial charge in [0.05, 0.1) is 16.5 Å². The Labute approximate surface area is 109 Å². The molecule has 1 atom stereocenters. The Kier molecular flexibility index (Phi) is 5.49. The summed E-state index contributed by atoms with van der Waals surface area (Å²) in [6.07, 6.45) is 3.13. The van der Waals surface area contributed by atoms with Crippen molar-refractivity contribution in [3.63, 3.8) is 0 Å². The topological polar surface area (TPSA) is 28.2 Å². The van der Waals surface area contributed by atoms with Crippen molar-refractivity contribution >= 4 is 39.7 Å². The highest BCUT2D eigenvalue weighted by molar-refractivity contribution is 9.11. The molecule has 1 fully saturated rings. The zero-order valence-electron chi connectivity index (χ0n) is 8.57. The Balaban J connectivity index is 0.00000112. The van der Waals surface area contributed by atoms with E-state index in [0.717, 1.165) is 16.9 Å². The minimum atomic E-state index is 0. The van der Waals surface area contributed by atoms with Crippen molar-refractivity contribution in [1.29, 1.82) is 0 Å². The van der Waals surface area contributed by atoms with Crippen LogP contribution in [0.1, 0.15) is 11.4 Å². The van der Waals surface area contributed by atoms with Crippen LogP contribution in [0.25, 0.3) is 0 Å². The molecular formula is C9H15BrClN3S. The van der Waals surface area contributed by atoms with Gasteiger partial charge in [0.2, 0.25) is 0 Å². The molecule has 2 heterocycles. The van der Waals surface area contributed by atoms with Crippen molar-refractivity contribution in [3.8, 4) is 0 Å². The molecule has 0 spiro atoms. The van der Waals surface area contributed by atoms with Gasteiger partial charge in [0, 0.05) is 19.1 Å². The predicted octanol–water partition coefficient (Wildman–Crippen LogP) is 2.12. The van der Waals surface area contributed by atoms with Crippen LogP contribution in [0.2, 0.25) is 0 Å². The van der Waals surface area contributed by atoms with Crippen molar-refractivity contribution in [2.45, 2.75) is 19.0 Å². The number of nitrogens with zero attached hydrogens (tertiary/aromatic N) is 2. The highest BCUT2D eigenvalue weighted by Crippen LogP contribution is 2.21. The first-order valence-electron chi connectivity index (χ1n) is 4.78. The normalized spacial score (nSPS) is 21.6. The van der Waals surface area contributed by atoms with Gasteiger partial charge in [-0.25, -0.2) is 4.98 Å². The molecule has 0 bridgehead atoms. The summed E-state index contributed by atoms with van der Waals surface area (Å²) < 4.78 is 1.12. The monoisotopic (exact) mass is 311 g/mol. The summed E-state index contributed by atoms with van der Waals surface area (Å²) in [5.74, 6) is 0. The fraction of sp³-hybridized carbons (Fsp3) is 0.667. The predicted molar refractivity (Wildman–Crippen MR) is 69.8 cm³/mol. The van der Waals surface area contributed by atoms with Gasteiger partial charge in [0.1, 0.15) is 5.01 Å². The number of rotatable bonds is 3. The van der Waals surface area contributed by atoms with Gasteiger partial charge in [0.25, 0.3) is 0 Å². The number of halogens is 2. The summed E-state index contributed by atoms with van der Waals surface area (Å²) in [5.41, 5.74) is 0. The van der Waals surface area contributed by atoms with Gasteiger partial charge in [-0.1, -0.05) is 0 Å². The molecule has 1 aliphatic heterocycles. The lowest BCUT2D eigenvalue weighted by atomic mass is 10.3. The molecule has 1 aromatic heterocycles. The molecule has 1 N–H and O–H groups in total. The van der Waals surface area contributed by atoms with Crippen molar-refractivity contribution in [3.05, 3.63) is 15.0 Å². The SMILES string of the molecule is CNC1CCN(Cc2ncc(Br)s2)C1.Cl. The number of hydrogen-bond donors (Lipinski definition) is 1. The van der Waals surface area contributed by atoms with Crippen molar-refractivity contribution in [1.82, 2.24) is 15.2 Å². The number of thiazole rings is 1. The lowest BCUT2D eigenvalue weighted by Crippen LogP contribution is -2.29. The molecule has 86 valence electrons. The molecule has 1 aliphatic rings. The van der Waals surface area contributed by atoms with Crippen LogP contribution in [0.5, 0.6) is 0 Å². The standard InChI is InChI=1S/C9H14BrN3S.ClH/c1-11-7-2-3-13(5-7)6-9-12-4-8(10)14-9;/h4,7,11H,2-3,5-6H2,1H3;1H. The molecule has 0 aromatic carbocycles. The van der Waals surface area contributed by atoms with Gasteiger partial charge in [-0.15, -0.1) is 23.7 Å². The van der Waals surface area contributed by atoms with E-state index < -0.39 is 0 Å². The Hall–Kier alpha value is 0.320. The van der Waals surface area contributed by atoms with Crippen LogP contribution in [0, 0.1) is 0 Å². The molecule has 1 saturated heterocycles. The van der Waals surface area contributed by atoms with Crippen LogP contribution in [0.15, 0.2) is 9.98 Å². The van der Waals surface area contributed by atoms with Crippen LogP contribution >= 0.6 is 39.7 Å². The summed E-state index contributed by atoms with van der Waals surface area (Å²) in [7, 11) is 2.04. The zero-order chi connectivity index (χ0) is 9.97. The van der Waals surface area contributed by atoms with Gasteiger partial charge in [-0.3, -0.25) is 4.90 Å². The van der Waals surface area contributed by atoms with E-state index in [1.807, 2.05) is 13.2 Å². The van der Waals surface area contributed by atoms with Crippen molar-refractivity contribution in [2.75, 3.05) is 20.1 Å². The summed E-state index contributed by atoms with van der Waals surface area (Å²) in [4.78, 5) is 6.79. The molecule has 0 radical (unpaired) electrons. The van der Waals surface area contributed by atoms with E-state index in [9.17, 15) is 0 Å². The van der Waals surface area contributed by atoms with E-state index in [4.69, 9.17) is 0 Å². The smallest absolute Gasteiger partial charge is 0.108 e. The second-order valence-electron chi connectivity index (χ2n) is 3.57. The number of likely N-dealkylation sites (N-methyl/N-ethyl adjacent to an activating group) is 1. The molecule has 2 rings (SSSR count). The molecule has 15 heavy (non-hydrogen) atoms. The molecule has 0 saturated carbocycles. The molecule has 6 heteroatoms. The third kappa shape index (κ3) is 3.67. The summed E-state index contributed by atoms with van der Waals surface area (Å²) in [6.45, 7) is 3.32. The van der Waals surface area contributed by atoms with Crippen LogP contribution in [-0.4, -0.2) is 36.1 Å². The number of likely N-dealkylation sites (tertiary alicyclic amines) is 1. The molecule has 0 amide bonds. The molecular weight excluding hydrogens is 298 g/mol. The minimum absolute atomic E-state index is 0. The Morgan fingerprint density at radius 2 is 2.53 bits per heavy atom. The first-order chi connectivity index (χ1) is 6.78. The van der Waals surface area contributed by atoms with Crippen molar-refractivity contribution in [2.24, 2.45) is 0 Å². The van der Waals surface area contributed by atoms with E-state index in [-0.39, 0.29) is 12.4 Å². The Morgan fingerprint density at radius 1 is 1.73 bits per heavy atom. The van der Waals surface area contributed by atoms with E-state index in [1.165, 1.54) is 18.0 Å². The fourth-order valence-corrected chi connectivity index (χ4v) is 3.11. The lowest BCUT2D eigenvalue weighted by molar-refractivity contribution is 0.322. The zero-order valence-corrected chi connectivity index (χ0v) is 11.8. The van der Waals surface area contributed by atoms with Gasteiger partial charge in [-0.05, 0) is 29.4 Å². The highest BCUT2D eigenvalue weighted by atomic mass is 79.9. The highest BCUT2D eigenvalue weighted by Gasteiger charge is 2.21. The van der Waals surface area contributed by atoms with Crippen LogP contribution in [-0.2, 0) is 6.54 Å². The first-order valence-corrected chi connectivity index (χ1v) is 6.38. The average Bonchev–Trinajstić information content (AvgIpc) is 2.76. The number of aromatic nitrogens is 1. The van der Waals surface area contributed by atoms with Gasteiger partial charge < -0.3 is 5.32 Å². The second kappa shape index (κ2) is 6.15. The maximum Gasteiger partial charge on any atom is 0.108 e. The van der Waals surface area contributed by atoms with E-state index in [1.54, 1.807) is 11.3 Å². The summed E-state index contributed by atoms with van der Waals surface area (Å²) in [5, 5.41) is 4.52. The van der Waals surface area contributed by atoms with E-state index in [0.29, 0.717) is 6.04 Å². The second-order valence-corrected chi connectivity index (χ2v) is 6.06. The number of nitrogens with one attached hydrogen (secondary N) is 1. The molecule has 0 aliphatic carbocycles. The maximum absolute atomic E-state index is 4.34. The third-order valence-electron chi connectivity index (χ3n) is 2.56. The van der Waals surface area contributed by atoms with Crippen LogP contribution in [0.4, 0.5) is 0 Å². The number of hydrogen-bond acceptors (Lipinski definition) is 4.